The maximum atomic E-state index is 11.4. The molecule has 0 aliphatic rings. The fourth-order valence-electron chi connectivity index (χ4n) is 1.28. The van der Waals surface area contributed by atoms with E-state index < -0.39 is 0 Å². The number of ether oxygens (including phenoxy) is 1. The van der Waals surface area contributed by atoms with Gasteiger partial charge in [0.2, 0.25) is 5.91 Å². The fraction of sp³-hybridized carbons (Fsp3) is 0.385. The summed E-state index contributed by atoms with van der Waals surface area (Å²) < 4.78 is 6.21. The summed E-state index contributed by atoms with van der Waals surface area (Å²) in [4.78, 5) is 22.7. The Morgan fingerprint density at radius 3 is 2.42 bits per heavy atom. The SMILES string of the molecule is CC(C)NC(=O)CNC(=O)COc1ccc(Br)cc1. The number of hydrogen-bond donors (Lipinski definition) is 2. The molecule has 19 heavy (non-hydrogen) atoms. The molecule has 1 rings (SSSR count). The minimum Gasteiger partial charge on any atom is -0.484 e. The number of carbonyl (C=O) groups excluding carboxylic acids is 2. The van der Waals surface area contributed by atoms with Crippen LogP contribution in [0.1, 0.15) is 13.8 Å². The molecule has 0 spiro atoms. The van der Waals surface area contributed by atoms with Crippen LogP contribution in [0.3, 0.4) is 0 Å². The van der Waals surface area contributed by atoms with Crippen molar-refractivity contribution in [3.8, 4) is 5.75 Å². The first-order valence-electron chi connectivity index (χ1n) is 5.92. The minimum absolute atomic E-state index is 0.0410. The zero-order valence-electron chi connectivity index (χ0n) is 10.9. The smallest absolute Gasteiger partial charge is 0.258 e. The molecule has 0 unspecified atom stereocenters. The second kappa shape index (κ2) is 7.78. The largest absolute Gasteiger partial charge is 0.484 e. The van der Waals surface area contributed by atoms with Gasteiger partial charge in [0.25, 0.3) is 5.91 Å². The molecular weight excluding hydrogens is 312 g/mol. The van der Waals surface area contributed by atoms with Crippen LogP contribution in [0.15, 0.2) is 28.7 Å². The van der Waals surface area contributed by atoms with Gasteiger partial charge in [-0.15, -0.1) is 0 Å². The van der Waals surface area contributed by atoms with E-state index in [9.17, 15) is 9.59 Å². The average Bonchev–Trinajstić information content (AvgIpc) is 2.35. The van der Waals surface area contributed by atoms with Gasteiger partial charge in [-0.25, -0.2) is 0 Å². The third-order valence-electron chi connectivity index (χ3n) is 2.08. The number of amides is 2. The van der Waals surface area contributed by atoms with Crippen LogP contribution in [-0.4, -0.2) is 31.0 Å². The third-order valence-corrected chi connectivity index (χ3v) is 2.61. The highest BCUT2D eigenvalue weighted by Crippen LogP contribution is 2.15. The van der Waals surface area contributed by atoms with E-state index in [-0.39, 0.29) is 31.0 Å². The highest BCUT2D eigenvalue weighted by atomic mass is 79.9. The van der Waals surface area contributed by atoms with Crippen molar-refractivity contribution in [1.29, 1.82) is 0 Å². The summed E-state index contributed by atoms with van der Waals surface area (Å²) in [6, 6.07) is 7.21. The normalized spacial score (nSPS) is 10.1. The van der Waals surface area contributed by atoms with Gasteiger partial charge in [0, 0.05) is 10.5 Å². The summed E-state index contributed by atoms with van der Waals surface area (Å²) >= 11 is 3.31. The molecule has 6 heteroatoms. The maximum Gasteiger partial charge on any atom is 0.258 e. The Morgan fingerprint density at radius 1 is 1.21 bits per heavy atom. The van der Waals surface area contributed by atoms with E-state index in [0.29, 0.717) is 5.75 Å². The summed E-state index contributed by atoms with van der Waals surface area (Å²) in [5, 5.41) is 5.16. The van der Waals surface area contributed by atoms with Crippen molar-refractivity contribution in [3.63, 3.8) is 0 Å². The molecule has 0 aliphatic heterocycles. The van der Waals surface area contributed by atoms with Crippen molar-refractivity contribution in [2.75, 3.05) is 13.2 Å². The Kier molecular flexibility index (Phi) is 6.35. The van der Waals surface area contributed by atoms with Crippen LogP contribution >= 0.6 is 15.9 Å². The molecule has 104 valence electrons. The van der Waals surface area contributed by atoms with Crippen molar-refractivity contribution in [2.45, 2.75) is 19.9 Å². The van der Waals surface area contributed by atoms with E-state index in [4.69, 9.17) is 4.74 Å². The molecule has 0 saturated heterocycles. The second-order valence-corrected chi connectivity index (χ2v) is 5.16. The summed E-state index contributed by atoms with van der Waals surface area (Å²) in [6.45, 7) is 3.56. The molecule has 0 bridgehead atoms. The van der Waals surface area contributed by atoms with E-state index in [1.807, 2.05) is 26.0 Å². The van der Waals surface area contributed by atoms with Crippen molar-refractivity contribution in [1.82, 2.24) is 10.6 Å². The number of hydrogen-bond acceptors (Lipinski definition) is 3. The van der Waals surface area contributed by atoms with E-state index in [0.717, 1.165) is 4.47 Å². The van der Waals surface area contributed by atoms with Gasteiger partial charge in [0.1, 0.15) is 5.75 Å². The van der Waals surface area contributed by atoms with Crippen LogP contribution in [0.2, 0.25) is 0 Å². The lowest BCUT2D eigenvalue weighted by atomic mass is 10.3. The Labute approximate surface area is 120 Å². The Hall–Kier alpha value is -1.56. The van der Waals surface area contributed by atoms with Gasteiger partial charge >= 0.3 is 0 Å². The number of rotatable bonds is 6. The minimum atomic E-state index is -0.332. The zero-order chi connectivity index (χ0) is 14.3. The molecule has 1 aromatic carbocycles. The molecule has 0 aliphatic carbocycles. The van der Waals surface area contributed by atoms with E-state index >= 15 is 0 Å². The van der Waals surface area contributed by atoms with Gasteiger partial charge in [-0.2, -0.15) is 0 Å². The van der Waals surface area contributed by atoms with Gasteiger partial charge in [-0.05, 0) is 38.1 Å². The number of nitrogens with one attached hydrogen (secondary N) is 2. The first-order chi connectivity index (χ1) is 8.97. The standard InChI is InChI=1S/C13H17BrN2O3/c1-9(2)16-12(17)7-15-13(18)8-19-11-5-3-10(14)4-6-11/h3-6,9H,7-8H2,1-2H3,(H,15,18)(H,16,17). The molecular formula is C13H17BrN2O3. The fourth-order valence-corrected chi connectivity index (χ4v) is 1.55. The van der Waals surface area contributed by atoms with Crippen LogP contribution in [0, 0.1) is 0 Å². The molecule has 5 nitrogen and oxygen atoms in total. The molecule has 0 heterocycles. The number of carbonyl (C=O) groups is 2. The molecule has 0 saturated carbocycles. The summed E-state index contributed by atoms with van der Waals surface area (Å²) in [7, 11) is 0. The summed E-state index contributed by atoms with van der Waals surface area (Å²) in [5.41, 5.74) is 0. The number of benzene rings is 1. The Morgan fingerprint density at radius 2 is 1.84 bits per heavy atom. The quantitative estimate of drug-likeness (QED) is 0.831. The maximum absolute atomic E-state index is 11.4. The van der Waals surface area contributed by atoms with Crippen molar-refractivity contribution >= 4 is 27.7 Å². The third kappa shape index (κ3) is 6.81. The lowest BCUT2D eigenvalue weighted by Gasteiger charge is -2.10. The summed E-state index contributed by atoms with van der Waals surface area (Å²) in [5.74, 6) is 0.0544. The van der Waals surface area contributed by atoms with Crippen molar-refractivity contribution in [2.24, 2.45) is 0 Å². The second-order valence-electron chi connectivity index (χ2n) is 4.24. The van der Waals surface area contributed by atoms with Crippen molar-refractivity contribution < 1.29 is 14.3 Å². The van der Waals surface area contributed by atoms with Crippen LogP contribution in [0.4, 0.5) is 0 Å². The van der Waals surface area contributed by atoms with Gasteiger partial charge in [-0.3, -0.25) is 9.59 Å². The average molecular weight is 329 g/mol. The van der Waals surface area contributed by atoms with Gasteiger partial charge in [0.05, 0.1) is 6.54 Å². The highest BCUT2D eigenvalue weighted by Gasteiger charge is 2.07. The van der Waals surface area contributed by atoms with E-state index in [2.05, 4.69) is 26.6 Å². The Bertz CT molecular complexity index is 432. The monoisotopic (exact) mass is 328 g/mol. The molecule has 0 fully saturated rings. The molecule has 0 atom stereocenters. The van der Waals surface area contributed by atoms with Crippen molar-refractivity contribution in [3.05, 3.63) is 28.7 Å². The van der Waals surface area contributed by atoms with Gasteiger partial charge in [-0.1, -0.05) is 15.9 Å². The van der Waals surface area contributed by atoms with E-state index in [1.165, 1.54) is 0 Å². The topological polar surface area (TPSA) is 67.4 Å². The Balaban J connectivity index is 2.24. The molecule has 0 aromatic heterocycles. The number of halogens is 1. The molecule has 0 radical (unpaired) electrons. The molecule has 2 N–H and O–H groups in total. The van der Waals surface area contributed by atoms with E-state index in [1.54, 1.807) is 12.1 Å². The lowest BCUT2D eigenvalue weighted by molar-refractivity contribution is -0.127. The zero-order valence-corrected chi connectivity index (χ0v) is 12.5. The van der Waals surface area contributed by atoms with Gasteiger partial charge in [0.15, 0.2) is 6.61 Å². The van der Waals surface area contributed by atoms with Crippen LogP contribution in [0.5, 0.6) is 5.75 Å². The van der Waals surface area contributed by atoms with Crippen LogP contribution in [-0.2, 0) is 9.59 Å². The van der Waals surface area contributed by atoms with Crippen LogP contribution in [0.25, 0.3) is 0 Å². The van der Waals surface area contributed by atoms with Crippen LogP contribution < -0.4 is 15.4 Å². The predicted molar refractivity (Wildman–Crippen MR) is 75.9 cm³/mol. The molecule has 2 amide bonds. The molecule has 1 aromatic rings. The summed E-state index contributed by atoms with van der Waals surface area (Å²) in [6.07, 6.45) is 0. The first-order valence-corrected chi connectivity index (χ1v) is 6.71. The lowest BCUT2D eigenvalue weighted by Crippen LogP contribution is -2.41. The van der Waals surface area contributed by atoms with Gasteiger partial charge < -0.3 is 15.4 Å². The first kappa shape index (κ1) is 15.5. The predicted octanol–water partition coefficient (Wildman–Crippen LogP) is 1.47. The highest BCUT2D eigenvalue weighted by molar-refractivity contribution is 9.10.